The Labute approximate surface area is 176 Å². The Hall–Kier alpha value is -2.49. The van der Waals surface area contributed by atoms with Gasteiger partial charge in [0.1, 0.15) is 24.3 Å². The summed E-state index contributed by atoms with van der Waals surface area (Å²) in [6.45, 7) is 1.28. The number of likely N-dealkylation sites (tertiary alicyclic amines) is 1. The van der Waals surface area contributed by atoms with Gasteiger partial charge in [-0.15, -0.1) is 0 Å². The summed E-state index contributed by atoms with van der Waals surface area (Å²) < 4.78 is 6.58. The van der Waals surface area contributed by atoms with Crippen LogP contribution in [-0.4, -0.2) is 62.7 Å². The molecule has 1 aliphatic heterocycles. The van der Waals surface area contributed by atoms with Gasteiger partial charge >= 0.3 is 0 Å². The van der Waals surface area contributed by atoms with Gasteiger partial charge in [0.2, 0.25) is 5.91 Å². The maximum Gasteiger partial charge on any atom is 0.234 e. The summed E-state index contributed by atoms with van der Waals surface area (Å²) in [4.78, 5) is 25.4. The lowest BCUT2D eigenvalue weighted by Crippen LogP contribution is -2.44. The van der Waals surface area contributed by atoms with E-state index in [4.69, 9.17) is 10.5 Å². The van der Waals surface area contributed by atoms with E-state index in [0.717, 1.165) is 40.8 Å². The zero-order valence-electron chi connectivity index (χ0n) is 15.7. The predicted octanol–water partition coefficient (Wildman–Crippen LogP) is 2.08. The average Bonchev–Trinajstić information content (AvgIpc) is 3.33. The van der Waals surface area contributed by atoms with Gasteiger partial charge in [-0.3, -0.25) is 9.69 Å². The zero-order valence-corrected chi connectivity index (χ0v) is 17.3. The minimum absolute atomic E-state index is 0.143. The fourth-order valence-electron chi connectivity index (χ4n) is 3.60. The third kappa shape index (κ3) is 4.58. The van der Waals surface area contributed by atoms with Gasteiger partial charge in [0.05, 0.1) is 11.6 Å². The van der Waals surface area contributed by atoms with Gasteiger partial charge in [-0.05, 0) is 65.6 Å². The van der Waals surface area contributed by atoms with Gasteiger partial charge in [0.15, 0.2) is 5.65 Å². The molecule has 0 saturated carbocycles. The van der Waals surface area contributed by atoms with Crippen molar-refractivity contribution >= 4 is 33.0 Å². The number of primary amides is 1. The number of aromatic nitrogens is 3. The Morgan fingerprint density at radius 1 is 1.41 bits per heavy atom. The number of carbonyl (C=O) groups is 1. The number of carbonyl (C=O) groups excluding carboxylic acids is 1. The molecule has 3 heterocycles. The van der Waals surface area contributed by atoms with E-state index in [1.165, 1.54) is 0 Å². The topological polar surface area (TPSA) is 117 Å². The molecule has 1 unspecified atom stereocenters. The molecule has 1 aromatic carbocycles. The van der Waals surface area contributed by atoms with Crippen LogP contribution in [0, 0.1) is 0 Å². The van der Waals surface area contributed by atoms with Crippen LogP contribution in [-0.2, 0) is 4.79 Å². The van der Waals surface area contributed by atoms with Crippen LogP contribution in [0.1, 0.15) is 12.8 Å². The van der Waals surface area contributed by atoms with Crippen LogP contribution >= 0.6 is 15.9 Å². The fourth-order valence-corrected chi connectivity index (χ4v) is 3.93. The minimum Gasteiger partial charge on any atom is -0.491 e. The maximum absolute atomic E-state index is 11.4. The summed E-state index contributed by atoms with van der Waals surface area (Å²) in [6.07, 6.45) is 2.67. The van der Waals surface area contributed by atoms with Crippen molar-refractivity contribution in [2.75, 3.05) is 19.7 Å². The first-order valence-corrected chi connectivity index (χ1v) is 10.2. The predicted molar refractivity (Wildman–Crippen MR) is 112 cm³/mol. The van der Waals surface area contributed by atoms with Crippen LogP contribution in [0.5, 0.6) is 5.75 Å². The van der Waals surface area contributed by atoms with Gasteiger partial charge in [-0.1, -0.05) is 0 Å². The third-order valence-corrected chi connectivity index (χ3v) is 5.45. The van der Waals surface area contributed by atoms with Crippen LogP contribution in [0.2, 0.25) is 0 Å². The molecule has 1 saturated heterocycles. The molecule has 152 valence electrons. The van der Waals surface area contributed by atoms with E-state index < -0.39 is 6.10 Å². The Bertz CT molecular complexity index is 1010. The van der Waals surface area contributed by atoms with Gasteiger partial charge < -0.3 is 20.6 Å². The molecule has 0 spiro atoms. The highest BCUT2D eigenvalue weighted by Gasteiger charge is 2.30. The third-order valence-electron chi connectivity index (χ3n) is 5.01. The Morgan fingerprint density at radius 2 is 2.21 bits per heavy atom. The lowest BCUT2D eigenvalue weighted by atomic mass is 10.2. The van der Waals surface area contributed by atoms with Crippen molar-refractivity contribution in [1.29, 1.82) is 0 Å². The standard InChI is InChI=1S/C20H22BrN5O3/c21-13-8-16-20(23-9-13)25-19(24-16)12-3-5-15(6-4-12)29-11-14(27)10-26-7-1-2-17(26)18(22)28/h3-6,8-9,14,17,27H,1-2,7,10-11H2,(H2,22,28)(H,23,24,25)/t14?,17-/m0/s1. The van der Waals surface area contributed by atoms with E-state index in [1.54, 1.807) is 6.20 Å². The number of hydrogen-bond donors (Lipinski definition) is 3. The van der Waals surface area contributed by atoms with Crippen LogP contribution in [0.15, 0.2) is 41.0 Å². The number of nitrogens with two attached hydrogens (primary N) is 1. The molecule has 3 aromatic rings. The van der Waals surface area contributed by atoms with E-state index in [9.17, 15) is 9.90 Å². The number of aromatic amines is 1. The number of nitrogens with zero attached hydrogens (tertiary/aromatic N) is 3. The van der Waals surface area contributed by atoms with E-state index >= 15 is 0 Å². The molecule has 4 N–H and O–H groups in total. The van der Waals surface area contributed by atoms with Crippen LogP contribution in [0.3, 0.4) is 0 Å². The summed E-state index contributed by atoms with van der Waals surface area (Å²) in [7, 11) is 0. The number of pyridine rings is 1. The number of β-amino-alcohol motifs (C(OH)–C–C–N with tert-alkyl or cyclic N) is 1. The summed E-state index contributed by atoms with van der Waals surface area (Å²) in [5.74, 6) is 1.04. The quantitative estimate of drug-likeness (QED) is 0.497. The highest BCUT2D eigenvalue weighted by molar-refractivity contribution is 9.10. The number of amides is 1. The van der Waals surface area contributed by atoms with Crippen molar-refractivity contribution in [2.24, 2.45) is 5.73 Å². The number of nitrogens with one attached hydrogen (secondary N) is 1. The lowest BCUT2D eigenvalue weighted by Gasteiger charge is -2.24. The molecule has 29 heavy (non-hydrogen) atoms. The van der Waals surface area contributed by atoms with Crippen molar-refractivity contribution in [3.63, 3.8) is 0 Å². The molecule has 1 aliphatic rings. The Kier molecular flexibility index (Phi) is 5.79. The molecule has 2 aromatic heterocycles. The van der Waals surface area contributed by atoms with Crippen LogP contribution in [0.25, 0.3) is 22.6 Å². The van der Waals surface area contributed by atoms with Crippen molar-refractivity contribution in [3.8, 4) is 17.1 Å². The number of halogens is 1. The number of imidazole rings is 1. The zero-order chi connectivity index (χ0) is 20.4. The second kappa shape index (κ2) is 8.48. The maximum atomic E-state index is 11.4. The van der Waals surface area contributed by atoms with Gasteiger partial charge in [0, 0.05) is 22.8 Å². The average molecular weight is 460 g/mol. The molecule has 8 nitrogen and oxygen atoms in total. The van der Waals surface area contributed by atoms with Crippen molar-refractivity contribution < 1.29 is 14.6 Å². The molecule has 9 heteroatoms. The molecule has 0 aliphatic carbocycles. The minimum atomic E-state index is -0.700. The molecule has 1 amide bonds. The number of fused-ring (bicyclic) bond motifs is 1. The number of benzene rings is 1. The molecule has 0 radical (unpaired) electrons. The summed E-state index contributed by atoms with van der Waals surface area (Å²) in [6, 6.07) is 9.11. The number of aliphatic hydroxyl groups is 1. The number of rotatable bonds is 7. The van der Waals surface area contributed by atoms with Crippen molar-refractivity contribution in [3.05, 3.63) is 41.0 Å². The van der Waals surface area contributed by atoms with Crippen LogP contribution < -0.4 is 10.5 Å². The fraction of sp³-hybridized carbons (Fsp3) is 0.350. The van der Waals surface area contributed by atoms with E-state index in [1.807, 2.05) is 35.2 Å². The number of aliphatic hydroxyl groups excluding tert-OH is 1. The van der Waals surface area contributed by atoms with Crippen molar-refractivity contribution in [1.82, 2.24) is 19.9 Å². The van der Waals surface area contributed by atoms with E-state index in [2.05, 4.69) is 30.9 Å². The lowest BCUT2D eigenvalue weighted by molar-refractivity contribution is -0.122. The molecule has 1 fully saturated rings. The van der Waals surface area contributed by atoms with E-state index in [0.29, 0.717) is 17.9 Å². The summed E-state index contributed by atoms with van der Waals surface area (Å²) in [5.41, 5.74) is 7.84. The number of ether oxygens (including phenoxy) is 1. The second-order valence-electron chi connectivity index (χ2n) is 7.15. The number of hydrogen-bond acceptors (Lipinski definition) is 6. The molecule has 2 atom stereocenters. The van der Waals surface area contributed by atoms with E-state index in [-0.39, 0.29) is 18.6 Å². The first kappa shape index (κ1) is 19.8. The van der Waals surface area contributed by atoms with Gasteiger partial charge in [-0.25, -0.2) is 9.97 Å². The summed E-state index contributed by atoms with van der Waals surface area (Å²) >= 11 is 3.40. The molecular weight excluding hydrogens is 438 g/mol. The number of H-pyrrole nitrogens is 1. The largest absolute Gasteiger partial charge is 0.491 e. The molecule has 4 rings (SSSR count). The highest BCUT2D eigenvalue weighted by atomic mass is 79.9. The smallest absolute Gasteiger partial charge is 0.234 e. The first-order chi connectivity index (χ1) is 14.0. The van der Waals surface area contributed by atoms with Crippen LogP contribution in [0.4, 0.5) is 0 Å². The van der Waals surface area contributed by atoms with Gasteiger partial charge in [-0.2, -0.15) is 0 Å². The Balaban J connectivity index is 1.35. The van der Waals surface area contributed by atoms with Crippen molar-refractivity contribution in [2.45, 2.75) is 25.0 Å². The first-order valence-electron chi connectivity index (χ1n) is 9.45. The highest BCUT2D eigenvalue weighted by Crippen LogP contribution is 2.24. The summed E-state index contributed by atoms with van der Waals surface area (Å²) in [5, 5.41) is 10.3. The second-order valence-corrected chi connectivity index (χ2v) is 8.07. The Morgan fingerprint density at radius 3 is 2.97 bits per heavy atom. The monoisotopic (exact) mass is 459 g/mol. The molecule has 0 bridgehead atoms. The SMILES string of the molecule is NC(=O)[C@@H]1CCCN1CC(O)COc1ccc(-c2nc3ncc(Br)cc3[nH]2)cc1. The molecular formula is C20H22BrN5O3. The van der Waals surface area contributed by atoms with Gasteiger partial charge in [0.25, 0.3) is 0 Å². The normalized spacial score (nSPS) is 18.2.